The van der Waals surface area contributed by atoms with Crippen molar-refractivity contribution < 1.29 is 9.53 Å². The number of rotatable bonds is 4. The summed E-state index contributed by atoms with van der Waals surface area (Å²) in [7, 11) is 0. The third kappa shape index (κ3) is 4.10. The van der Waals surface area contributed by atoms with E-state index < -0.39 is 0 Å². The fourth-order valence-corrected chi connectivity index (χ4v) is 4.51. The lowest BCUT2D eigenvalue weighted by molar-refractivity contribution is 0.0989. The van der Waals surface area contributed by atoms with E-state index in [0.717, 1.165) is 56.2 Å². The molecule has 6 heteroatoms. The van der Waals surface area contributed by atoms with Crippen molar-refractivity contribution in [2.45, 2.75) is 25.4 Å². The number of halogens is 1. The Morgan fingerprint density at radius 2 is 1.74 bits per heavy atom. The summed E-state index contributed by atoms with van der Waals surface area (Å²) in [6.45, 7) is 2.43. The molecular weight excluding hydrogens is 410 g/mol. The predicted molar refractivity (Wildman–Crippen MR) is 123 cm³/mol. The molecule has 0 spiro atoms. The fourth-order valence-electron chi connectivity index (χ4n) is 4.33. The maximum absolute atomic E-state index is 13.0. The summed E-state index contributed by atoms with van der Waals surface area (Å²) in [5.41, 5.74) is 2.86. The van der Waals surface area contributed by atoms with Crippen molar-refractivity contribution in [2.24, 2.45) is 0 Å². The average Bonchev–Trinajstić information content (AvgIpc) is 3.25. The van der Waals surface area contributed by atoms with Gasteiger partial charge in [-0.3, -0.25) is 4.79 Å². The number of ether oxygens (including phenoxy) is 1. The number of hydrogen-bond acceptors (Lipinski definition) is 4. The largest absolute Gasteiger partial charge is 0.489 e. The first-order chi connectivity index (χ1) is 15.2. The van der Waals surface area contributed by atoms with Gasteiger partial charge in [-0.1, -0.05) is 41.9 Å². The zero-order valence-corrected chi connectivity index (χ0v) is 18.0. The standard InChI is InChI=1S/C25H24ClN3O2/c26-21-6-2-4-8-23(21)31-20-12-14-28(15-13-20)24-10-9-19(17-27-24)25(30)29-16-11-18-5-1-3-7-22(18)29/h1-10,17,20H,11-16H2. The molecule has 5 rings (SSSR count). The van der Waals surface area contributed by atoms with Crippen LogP contribution in [0.2, 0.25) is 5.02 Å². The van der Waals surface area contributed by atoms with E-state index in [-0.39, 0.29) is 12.0 Å². The Morgan fingerprint density at radius 3 is 2.52 bits per heavy atom. The highest BCUT2D eigenvalue weighted by molar-refractivity contribution is 6.32. The molecule has 31 heavy (non-hydrogen) atoms. The molecule has 0 bridgehead atoms. The van der Waals surface area contributed by atoms with Crippen molar-refractivity contribution >= 4 is 29.0 Å². The Labute approximate surface area is 187 Å². The van der Waals surface area contributed by atoms with Gasteiger partial charge in [0, 0.05) is 44.4 Å². The Bertz CT molecular complexity index is 1080. The van der Waals surface area contributed by atoms with Crippen molar-refractivity contribution in [1.82, 2.24) is 4.98 Å². The summed E-state index contributed by atoms with van der Waals surface area (Å²) < 4.78 is 6.08. The van der Waals surface area contributed by atoms with Crippen LogP contribution in [-0.4, -0.2) is 36.6 Å². The van der Waals surface area contributed by atoms with E-state index >= 15 is 0 Å². The predicted octanol–water partition coefficient (Wildman–Crippen LogP) is 4.99. The minimum atomic E-state index is 0.0100. The minimum absolute atomic E-state index is 0.0100. The summed E-state index contributed by atoms with van der Waals surface area (Å²) in [5, 5.41) is 0.646. The van der Waals surface area contributed by atoms with Crippen LogP contribution in [0.4, 0.5) is 11.5 Å². The van der Waals surface area contributed by atoms with Gasteiger partial charge in [-0.25, -0.2) is 4.98 Å². The second kappa shape index (κ2) is 8.60. The third-order valence-electron chi connectivity index (χ3n) is 6.02. The van der Waals surface area contributed by atoms with Crippen LogP contribution in [0.25, 0.3) is 0 Å². The number of aromatic nitrogens is 1. The Hall–Kier alpha value is -3.05. The van der Waals surface area contributed by atoms with E-state index in [1.165, 1.54) is 5.56 Å². The minimum Gasteiger partial charge on any atom is -0.489 e. The van der Waals surface area contributed by atoms with Crippen molar-refractivity contribution in [1.29, 1.82) is 0 Å². The molecule has 1 fully saturated rings. The van der Waals surface area contributed by atoms with Gasteiger partial charge >= 0.3 is 0 Å². The second-order valence-electron chi connectivity index (χ2n) is 7.98. The quantitative estimate of drug-likeness (QED) is 0.581. The number of para-hydroxylation sites is 2. The van der Waals surface area contributed by atoms with E-state index in [0.29, 0.717) is 10.6 Å². The summed E-state index contributed by atoms with van der Waals surface area (Å²) >= 11 is 6.21. The molecule has 0 atom stereocenters. The normalized spacial score (nSPS) is 16.3. The Morgan fingerprint density at radius 1 is 0.968 bits per heavy atom. The first kappa shape index (κ1) is 19.9. The molecule has 2 aromatic carbocycles. The van der Waals surface area contributed by atoms with Crippen LogP contribution in [0, 0.1) is 0 Å². The third-order valence-corrected chi connectivity index (χ3v) is 6.34. The molecular formula is C25H24ClN3O2. The molecule has 3 aromatic rings. The Kier molecular flexibility index (Phi) is 5.51. The van der Waals surface area contributed by atoms with Gasteiger partial charge in [-0.05, 0) is 42.3 Å². The molecule has 0 saturated carbocycles. The average molecular weight is 434 g/mol. The van der Waals surface area contributed by atoms with Crippen molar-refractivity contribution in [3.63, 3.8) is 0 Å². The molecule has 0 unspecified atom stereocenters. The smallest absolute Gasteiger partial charge is 0.259 e. The maximum Gasteiger partial charge on any atom is 0.259 e. The summed E-state index contributed by atoms with van der Waals surface area (Å²) in [6, 6.07) is 19.5. The van der Waals surface area contributed by atoms with Crippen LogP contribution in [0.3, 0.4) is 0 Å². The van der Waals surface area contributed by atoms with Gasteiger partial charge in [-0.2, -0.15) is 0 Å². The van der Waals surface area contributed by atoms with E-state index in [9.17, 15) is 4.79 Å². The molecule has 158 valence electrons. The molecule has 0 aliphatic carbocycles. The molecule has 2 aliphatic heterocycles. The topological polar surface area (TPSA) is 45.7 Å². The number of benzene rings is 2. The second-order valence-corrected chi connectivity index (χ2v) is 8.38. The van der Waals surface area contributed by atoms with Crippen LogP contribution < -0.4 is 14.5 Å². The van der Waals surface area contributed by atoms with Crippen LogP contribution >= 0.6 is 11.6 Å². The van der Waals surface area contributed by atoms with Crippen LogP contribution in [0.5, 0.6) is 5.75 Å². The number of hydrogen-bond donors (Lipinski definition) is 0. The molecule has 0 radical (unpaired) electrons. The van der Waals surface area contributed by atoms with Crippen LogP contribution in [0.15, 0.2) is 66.9 Å². The lowest BCUT2D eigenvalue weighted by Crippen LogP contribution is -2.38. The first-order valence-corrected chi connectivity index (χ1v) is 11.1. The molecule has 1 aromatic heterocycles. The Balaban J connectivity index is 1.20. The zero-order valence-electron chi connectivity index (χ0n) is 17.2. The van der Waals surface area contributed by atoms with E-state index in [4.69, 9.17) is 16.3 Å². The first-order valence-electron chi connectivity index (χ1n) is 10.7. The van der Waals surface area contributed by atoms with Gasteiger partial charge in [0.2, 0.25) is 0 Å². The summed E-state index contributed by atoms with van der Waals surface area (Å²) in [4.78, 5) is 21.7. The summed E-state index contributed by atoms with van der Waals surface area (Å²) in [6.07, 6.45) is 4.55. The molecule has 1 amide bonds. The lowest BCUT2D eigenvalue weighted by atomic mass is 10.1. The fraction of sp³-hybridized carbons (Fsp3) is 0.280. The number of nitrogens with zero attached hydrogens (tertiary/aromatic N) is 3. The molecule has 3 heterocycles. The van der Waals surface area contributed by atoms with Gasteiger partial charge in [-0.15, -0.1) is 0 Å². The number of amides is 1. The number of anilines is 2. The zero-order chi connectivity index (χ0) is 21.2. The highest BCUT2D eigenvalue weighted by atomic mass is 35.5. The van der Waals surface area contributed by atoms with E-state index in [2.05, 4.69) is 16.0 Å². The highest BCUT2D eigenvalue weighted by Gasteiger charge is 2.26. The maximum atomic E-state index is 13.0. The monoisotopic (exact) mass is 433 g/mol. The number of piperidine rings is 1. The number of carbonyl (C=O) groups excluding carboxylic acids is 1. The van der Waals surface area contributed by atoms with Gasteiger partial charge < -0.3 is 14.5 Å². The van der Waals surface area contributed by atoms with E-state index in [1.807, 2.05) is 59.5 Å². The number of fused-ring (bicyclic) bond motifs is 1. The molecule has 1 saturated heterocycles. The SMILES string of the molecule is O=C(c1ccc(N2CCC(Oc3ccccc3Cl)CC2)nc1)N1CCc2ccccc21. The summed E-state index contributed by atoms with van der Waals surface area (Å²) in [5.74, 6) is 1.65. The van der Waals surface area contributed by atoms with Crippen LogP contribution in [-0.2, 0) is 6.42 Å². The van der Waals surface area contributed by atoms with Crippen LogP contribution in [0.1, 0.15) is 28.8 Å². The molecule has 2 aliphatic rings. The highest BCUT2D eigenvalue weighted by Crippen LogP contribution is 2.30. The van der Waals surface area contributed by atoms with E-state index in [1.54, 1.807) is 6.20 Å². The van der Waals surface area contributed by atoms with Crippen molar-refractivity contribution in [3.05, 3.63) is 83.0 Å². The van der Waals surface area contributed by atoms with Gasteiger partial charge in [0.15, 0.2) is 0 Å². The van der Waals surface area contributed by atoms with Gasteiger partial charge in [0.25, 0.3) is 5.91 Å². The molecule has 5 nitrogen and oxygen atoms in total. The number of carbonyl (C=O) groups is 1. The lowest BCUT2D eigenvalue weighted by Gasteiger charge is -2.33. The van der Waals surface area contributed by atoms with Gasteiger partial charge in [0.1, 0.15) is 17.7 Å². The van der Waals surface area contributed by atoms with Crippen molar-refractivity contribution in [2.75, 3.05) is 29.4 Å². The molecule has 0 N–H and O–H groups in total. The van der Waals surface area contributed by atoms with Crippen molar-refractivity contribution in [3.8, 4) is 5.75 Å². The van der Waals surface area contributed by atoms with Gasteiger partial charge in [0.05, 0.1) is 10.6 Å². The number of pyridine rings is 1.